The van der Waals surface area contributed by atoms with E-state index in [0.717, 1.165) is 59.9 Å². The number of carbonyl (C=O) groups is 2. The fraction of sp³-hybridized carbons (Fsp3) is 0.481. The molecule has 7 nitrogen and oxygen atoms in total. The Hall–Kier alpha value is -2.94. The number of rotatable bonds is 10. The molecule has 3 rings (SSSR count). The van der Waals surface area contributed by atoms with Crippen LogP contribution < -0.4 is 9.62 Å². The smallest absolute Gasteiger partial charge is 0.244 e. The standard InChI is InChI=1S/C27H36FN3O4S/c1-4-25(27(33)29-23-13-6-5-7-14-23)30(18-21-11-8-10-20(2)16-21)26(32)19-31(36(3,34)35)24-15-9-12-22(28)17-24/h8-12,15-17,23,25H,4-7,13-14,18-19H2,1-3H3,(H,29,33). The van der Waals surface area contributed by atoms with E-state index in [1.54, 1.807) is 0 Å². The van der Waals surface area contributed by atoms with Crippen LogP contribution in [0.5, 0.6) is 0 Å². The topological polar surface area (TPSA) is 86.8 Å². The molecule has 1 saturated carbocycles. The van der Waals surface area contributed by atoms with Gasteiger partial charge in [-0.25, -0.2) is 12.8 Å². The number of anilines is 1. The maximum atomic E-state index is 13.9. The van der Waals surface area contributed by atoms with Gasteiger partial charge in [-0.15, -0.1) is 0 Å². The van der Waals surface area contributed by atoms with E-state index in [9.17, 15) is 22.4 Å². The molecule has 0 saturated heterocycles. The molecular weight excluding hydrogens is 481 g/mol. The molecule has 0 aliphatic heterocycles. The Labute approximate surface area is 213 Å². The van der Waals surface area contributed by atoms with E-state index in [-0.39, 0.29) is 24.2 Å². The van der Waals surface area contributed by atoms with Gasteiger partial charge in [0.15, 0.2) is 0 Å². The molecule has 0 aromatic heterocycles. The van der Waals surface area contributed by atoms with Crippen LogP contribution in [0.2, 0.25) is 0 Å². The number of sulfonamides is 1. The van der Waals surface area contributed by atoms with Crippen molar-refractivity contribution in [1.82, 2.24) is 10.2 Å². The predicted molar refractivity (Wildman–Crippen MR) is 139 cm³/mol. The van der Waals surface area contributed by atoms with Crippen LogP contribution in [0.1, 0.15) is 56.6 Å². The first-order valence-corrected chi connectivity index (χ1v) is 14.3. The lowest BCUT2D eigenvalue weighted by Gasteiger charge is -2.34. The number of amides is 2. The van der Waals surface area contributed by atoms with Gasteiger partial charge in [0.05, 0.1) is 11.9 Å². The molecule has 0 radical (unpaired) electrons. The number of hydrogen-bond donors (Lipinski definition) is 1. The van der Waals surface area contributed by atoms with Crippen molar-refractivity contribution >= 4 is 27.5 Å². The van der Waals surface area contributed by atoms with Crippen molar-refractivity contribution in [1.29, 1.82) is 0 Å². The van der Waals surface area contributed by atoms with E-state index >= 15 is 0 Å². The molecule has 2 aromatic carbocycles. The molecule has 1 fully saturated rings. The van der Waals surface area contributed by atoms with Crippen LogP contribution in [0.15, 0.2) is 48.5 Å². The van der Waals surface area contributed by atoms with Crippen molar-refractivity contribution in [2.45, 2.75) is 71.0 Å². The molecule has 9 heteroatoms. The third-order valence-electron chi connectivity index (χ3n) is 6.55. The zero-order valence-corrected chi connectivity index (χ0v) is 22.1. The molecule has 0 heterocycles. The summed E-state index contributed by atoms with van der Waals surface area (Å²) in [5.41, 5.74) is 1.90. The zero-order valence-electron chi connectivity index (χ0n) is 21.2. The first-order chi connectivity index (χ1) is 17.1. The molecule has 2 aromatic rings. The minimum Gasteiger partial charge on any atom is -0.352 e. The third-order valence-corrected chi connectivity index (χ3v) is 7.69. The first-order valence-electron chi connectivity index (χ1n) is 12.5. The van der Waals surface area contributed by atoms with Gasteiger partial charge in [0.1, 0.15) is 18.4 Å². The molecule has 36 heavy (non-hydrogen) atoms. The molecule has 1 unspecified atom stereocenters. The highest BCUT2D eigenvalue weighted by atomic mass is 32.2. The Morgan fingerprint density at radius 3 is 2.39 bits per heavy atom. The van der Waals surface area contributed by atoms with Gasteiger partial charge in [-0.1, -0.05) is 62.1 Å². The molecule has 1 N–H and O–H groups in total. The van der Waals surface area contributed by atoms with Gasteiger partial charge in [0.2, 0.25) is 21.8 Å². The average molecular weight is 518 g/mol. The summed E-state index contributed by atoms with van der Waals surface area (Å²) in [6.45, 7) is 3.39. The Morgan fingerprint density at radius 1 is 1.08 bits per heavy atom. The molecule has 2 amide bonds. The highest BCUT2D eigenvalue weighted by Crippen LogP contribution is 2.22. The minimum atomic E-state index is -3.90. The first kappa shape index (κ1) is 27.6. The lowest BCUT2D eigenvalue weighted by molar-refractivity contribution is -0.140. The number of nitrogens with zero attached hydrogens (tertiary/aromatic N) is 2. The summed E-state index contributed by atoms with van der Waals surface area (Å²) in [5.74, 6) is -1.37. The highest BCUT2D eigenvalue weighted by molar-refractivity contribution is 7.92. The van der Waals surface area contributed by atoms with Crippen LogP contribution in [0.3, 0.4) is 0 Å². The van der Waals surface area contributed by atoms with Gasteiger partial charge >= 0.3 is 0 Å². The number of carbonyl (C=O) groups excluding carboxylic acids is 2. The number of benzene rings is 2. The van der Waals surface area contributed by atoms with Crippen molar-refractivity contribution in [3.63, 3.8) is 0 Å². The molecule has 196 valence electrons. The SMILES string of the molecule is CCC(C(=O)NC1CCCCC1)N(Cc1cccc(C)c1)C(=O)CN(c1cccc(F)c1)S(C)(=O)=O. The summed E-state index contributed by atoms with van der Waals surface area (Å²) >= 11 is 0. The van der Waals surface area contributed by atoms with E-state index in [0.29, 0.717) is 6.42 Å². The van der Waals surface area contributed by atoms with E-state index in [1.807, 2.05) is 38.1 Å². The van der Waals surface area contributed by atoms with Crippen molar-refractivity contribution in [3.8, 4) is 0 Å². The summed E-state index contributed by atoms with van der Waals surface area (Å²) in [4.78, 5) is 28.5. The number of aryl methyl sites for hydroxylation is 1. The molecule has 1 aliphatic rings. The van der Waals surface area contributed by atoms with E-state index in [2.05, 4.69) is 5.32 Å². The van der Waals surface area contributed by atoms with Crippen molar-refractivity contribution in [3.05, 3.63) is 65.5 Å². The van der Waals surface area contributed by atoms with Crippen LogP contribution in [0.4, 0.5) is 10.1 Å². The Morgan fingerprint density at radius 2 is 1.78 bits per heavy atom. The summed E-state index contributed by atoms with van der Waals surface area (Å²) in [6.07, 6.45) is 6.45. The molecule has 1 atom stereocenters. The zero-order chi connectivity index (χ0) is 26.3. The van der Waals surface area contributed by atoms with Crippen LogP contribution in [0, 0.1) is 12.7 Å². The highest BCUT2D eigenvalue weighted by Gasteiger charge is 2.32. The van der Waals surface area contributed by atoms with Crippen molar-refractivity contribution < 1.29 is 22.4 Å². The number of nitrogens with one attached hydrogen (secondary N) is 1. The number of halogens is 1. The maximum absolute atomic E-state index is 13.9. The van der Waals surface area contributed by atoms with Gasteiger partial charge < -0.3 is 10.2 Å². The van der Waals surface area contributed by atoms with Crippen molar-refractivity contribution in [2.75, 3.05) is 17.1 Å². The Kier molecular flexibility index (Phi) is 9.48. The maximum Gasteiger partial charge on any atom is 0.244 e. The molecular formula is C27H36FN3O4S. The van der Waals surface area contributed by atoms with Gasteiger partial charge in [0.25, 0.3) is 0 Å². The lowest BCUT2D eigenvalue weighted by Crippen LogP contribution is -2.53. The summed E-state index contributed by atoms with van der Waals surface area (Å²) < 4.78 is 39.9. The quantitative estimate of drug-likeness (QED) is 0.513. The van der Waals surface area contributed by atoms with Gasteiger partial charge in [-0.05, 0) is 49.9 Å². The summed E-state index contributed by atoms with van der Waals surface area (Å²) in [5, 5.41) is 3.11. The predicted octanol–water partition coefficient (Wildman–Crippen LogP) is 4.16. The van der Waals surface area contributed by atoms with Crippen LogP contribution in [0.25, 0.3) is 0 Å². The Bertz CT molecular complexity index is 1170. The van der Waals surface area contributed by atoms with Crippen molar-refractivity contribution in [2.24, 2.45) is 0 Å². The number of hydrogen-bond acceptors (Lipinski definition) is 4. The molecule has 0 bridgehead atoms. The fourth-order valence-electron chi connectivity index (χ4n) is 4.72. The van der Waals surface area contributed by atoms with Crippen LogP contribution in [-0.4, -0.2) is 50.0 Å². The second-order valence-corrected chi connectivity index (χ2v) is 11.4. The normalized spacial score (nSPS) is 15.2. The van der Waals surface area contributed by atoms with Gasteiger partial charge in [-0.3, -0.25) is 13.9 Å². The second-order valence-electron chi connectivity index (χ2n) is 9.53. The van der Waals surface area contributed by atoms with Gasteiger partial charge in [0, 0.05) is 12.6 Å². The van der Waals surface area contributed by atoms with E-state index in [1.165, 1.54) is 23.1 Å². The van der Waals surface area contributed by atoms with Crippen LogP contribution >= 0.6 is 0 Å². The summed E-state index contributed by atoms with van der Waals surface area (Å²) in [6, 6.07) is 12.1. The minimum absolute atomic E-state index is 0.0565. The van der Waals surface area contributed by atoms with Crippen LogP contribution in [-0.2, 0) is 26.2 Å². The second kappa shape index (κ2) is 12.3. The lowest BCUT2D eigenvalue weighted by atomic mass is 9.95. The third kappa shape index (κ3) is 7.53. The van der Waals surface area contributed by atoms with E-state index < -0.39 is 34.3 Å². The fourth-order valence-corrected chi connectivity index (χ4v) is 5.56. The summed E-state index contributed by atoms with van der Waals surface area (Å²) in [7, 11) is -3.90. The average Bonchev–Trinajstić information content (AvgIpc) is 2.82. The van der Waals surface area contributed by atoms with Gasteiger partial charge in [-0.2, -0.15) is 0 Å². The largest absolute Gasteiger partial charge is 0.352 e. The molecule has 1 aliphatic carbocycles. The Balaban J connectivity index is 1.91. The molecule has 0 spiro atoms. The van der Waals surface area contributed by atoms with E-state index in [4.69, 9.17) is 0 Å². The monoisotopic (exact) mass is 517 g/mol.